The van der Waals surface area contributed by atoms with Crippen LogP contribution < -0.4 is 5.73 Å². The molecule has 148 valence electrons. The molecule has 27 heavy (non-hydrogen) atoms. The molecule has 0 fully saturated rings. The summed E-state index contributed by atoms with van der Waals surface area (Å²) in [6.07, 6.45) is 0.835. The molecular weight excluding hydrogens is 360 g/mol. The summed E-state index contributed by atoms with van der Waals surface area (Å²) in [4.78, 5) is 0. The van der Waals surface area contributed by atoms with Gasteiger partial charge >= 0.3 is 0 Å². The van der Waals surface area contributed by atoms with Crippen LogP contribution in [-0.4, -0.2) is 14.9 Å². The van der Waals surface area contributed by atoms with E-state index in [0.717, 1.165) is 23.6 Å². The lowest BCUT2D eigenvalue weighted by molar-refractivity contribution is 0.274. The minimum absolute atomic E-state index is 0.0462. The molecule has 2 aromatic carbocycles. The van der Waals surface area contributed by atoms with Crippen LogP contribution in [0.3, 0.4) is 0 Å². The second-order valence-electron chi connectivity index (χ2n) is 8.74. The Bertz CT molecular complexity index is 799. The van der Waals surface area contributed by atoms with E-state index in [2.05, 4.69) is 40.8 Å². The molecule has 2 nitrogen and oxygen atoms in total. The highest BCUT2D eigenvalue weighted by Gasteiger charge is 2.37. The summed E-state index contributed by atoms with van der Waals surface area (Å²) >= 11 is 0. The summed E-state index contributed by atoms with van der Waals surface area (Å²) in [6, 6.07) is 9.88. The van der Waals surface area contributed by atoms with Crippen molar-refractivity contribution in [3.8, 4) is 11.1 Å². The Morgan fingerprint density at radius 2 is 1.67 bits per heavy atom. The first-order valence-corrected chi connectivity index (χ1v) is 12.3. The Kier molecular flexibility index (Phi) is 6.48. The molecule has 2 N–H and O–H groups in total. The quantitative estimate of drug-likeness (QED) is 0.438. The zero-order valence-corrected chi connectivity index (χ0v) is 18.2. The van der Waals surface area contributed by atoms with Crippen molar-refractivity contribution in [1.82, 2.24) is 0 Å². The van der Waals surface area contributed by atoms with E-state index in [-0.39, 0.29) is 16.6 Å². The van der Waals surface area contributed by atoms with E-state index < -0.39 is 20.0 Å². The van der Waals surface area contributed by atoms with Gasteiger partial charge in [-0.3, -0.25) is 0 Å². The monoisotopic (exact) mass is 391 g/mol. The first-order valence-electron chi connectivity index (χ1n) is 9.42. The van der Waals surface area contributed by atoms with Crippen LogP contribution in [0.25, 0.3) is 11.1 Å². The second-order valence-corrected chi connectivity index (χ2v) is 13.5. The summed E-state index contributed by atoms with van der Waals surface area (Å²) in [5, 5.41) is 0.170. The number of anilines is 1. The van der Waals surface area contributed by atoms with E-state index in [9.17, 15) is 8.78 Å². The van der Waals surface area contributed by atoms with Gasteiger partial charge in [-0.1, -0.05) is 52.0 Å². The number of nitrogens with two attached hydrogens (primary N) is 1. The van der Waals surface area contributed by atoms with E-state index in [1.807, 2.05) is 24.3 Å². The van der Waals surface area contributed by atoms with Crippen LogP contribution in [0.2, 0.25) is 18.1 Å². The van der Waals surface area contributed by atoms with Crippen LogP contribution in [0.1, 0.15) is 45.6 Å². The smallest absolute Gasteiger partial charge is 0.191 e. The van der Waals surface area contributed by atoms with Gasteiger partial charge in [-0.15, -0.1) is 0 Å². The molecule has 0 radical (unpaired) electrons. The molecule has 0 heterocycles. The molecule has 0 spiro atoms. The number of nitrogen functional groups attached to an aromatic ring is 1. The SMILES string of the molecule is CC(CCO[Si](C)(C)C(C)(C)C)c1ccccc1-c1cc(N)c(F)cc1F. The highest BCUT2D eigenvalue weighted by molar-refractivity contribution is 6.74. The molecule has 1 unspecified atom stereocenters. The number of halogens is 2. The summed E-state index contributed by atoms with van der Waals surface area (Å²) in [5.74, 6) is -1.15. The summed E-state index contributed by atoms with van der Waals surface area (Å²) in [6.45, 7) is 13.9. The van der Waals surface area contributed by atoms with Crippen molar-refractivity contribution in [3.63, 3.8) is 0 Å². The standard InChI is InChI=1S/C22H31F2NOSi/c1-15(11-12-26-27(5,6)22(2,3)4)16-9-7-8-10-17(16)18-13-21(25)20(24)14-19(18)23/h7-10,13-15H,11-12,25H2,1-6H3. The third kappa shape index (κ3) is 4.96. The van der Waals surface area contributed by atoms with E-state index in [1.54, 1.807) is 0 Å². The van der Waals surface area contributed by atoms with Gasteiger partial charge in [0.1, 0.15) is 11.6 Å². The number of hydrogen-bond donors (Lipinski definition) is 1. The lowest BCUT2D eigenvalue weighted by atomic mass is 9.89. The molecule has 0 aliphatic heterocycles. The van der Waals surface area contributed by atoms with Gasteiger partial charge in [-0.05, 0) is 47.7 Å². The topological polar surface area (TPSA) is 35.2 Å². The van der Waals surface area contributed by atoms with Crippen molar-refractivity contribution in [2.45, 2.75) is 58.2 Å². The van der Waals surface area contributed by atoms with Crippen LogP contribution >= 0.6 is 0 Å². The molecule has 0 saturated heterocycles. The minimum Gasteiger partial charge on any atom is -0.417 e. The number of benzene rings is 2. The summed E-state index contributed by atoms with van der Waals surface area (Å²) < 4.78 is 34.2. The highest BCUT2D eigenvalue weighted by Crippen LogP contribution is 2.38. The maximum Gasteiger partial charge on any atom is 0.191 e. The zero-order chi connectivity index (χ0) is 20.4. The molecule has 2 aromatic rings. The van der Waals surface area contributed by atoms with Crippen molar-refractivity contribution < 1.29 is 13.2 Å². The van der Waals surface area contributed by atoms with Crippen molar-refractivity contribution in [1.29, 1.82) is 0 Å². The van der Waals surface area contributed by atoms with Crippen molar-refractivity contribution in [2.75, 3.05) is 12.3 Å². The number of hydrogen-bond acceptors (Lipinski definition) is 2. The Morgan fingerprint density at radius 1 is 1.04 bits per heavy atom. The van der Waals surface area contributed by atoms with E-state index >= 15 is 0 Å². The minimum atomic E-state index is -1.79. The lowest BCUT2D eigenvalue weighted by Crippen LogP contribution is -2.41. The Labute approximate surface area is 162 Å². The van der Waals surface area contributed by atoms with E-state index in [1.165, 1.54) is 6.07 Å². The van der Waals surface area contributed by atoms with Crippen LogP contribution in [-0.2, 0) is 4.43 Å². The average molecular weight is 392 g/mol. The van der Waals surface area contributed by atoms with Gasteiger partial charge in [-0.2, -0.15) is 0 Å². The largest absolute Gasteiger partial charge is 0.417 e. The van der Waals surface area contributed by atoms with Gasteiger partial charge in [0.25, 0.3) is 0 Å². The first-order chi connectivity index (χ1) is 12.4. The zero-order valence-electron chi connectivity index (χ0n) is 17.2. The van der Waals surface area contributed by atoms with Crippen molar-refractivity contribution in [2.24, 2.45) is 0 Å². The van der Waals surface area contributed by atoms with E-state index in [4.69, 9.17) is 10.2 Å². The lowest BCUT2D eigenvalue weighted by Gasteiger charge is -2.36. The van der Waals surface area contributed by atoms with Crippen LogP contribution in [0.15, 0.2) is 36.4 Å². The average Bonchev–Trinajstić information content (AvgIpc) is 2.57. The first kappa shape index (κ1) is 21.6. The fourth-order valence-electron chi connectivity index (χ4n) is 2.81. The van der Waals surface area contributed by atoms with Crippen LogP contribution in [0, 0.1) is 11.6 Å². The third-order valence-electron chi connectivity index (χ3n) is 5.69. The van der Waals surface area contributed by atoms with Gasteiger partial charge < -0.3 is 10.2 Å². The number of rotatable bonds is 6. The predicted molar refractivity (Wildman–Crippen MR) is 112 cm³/mol. The van der Waals surface area contributed by atoms with Crippen molar-refractivity contribution >= 4 is 14.0 Å². The molecule has 0 aliphatic carbocycles. The molecule has 0 bridgehead atoms. The molecule has 5 heteroatoms. The molecule has 0 saturated carbocycles. The summed E-state index contributed by atoms with van der Waals surface area (Å²) in [5.41, 5.74) is 7.72. The van der Waals surface area contributed by atoms with Crippen molar-refractivity contribution in [3.05, 3.63) is 53.6 Å². The molecule has 0 aliphatic rings. The third-order valence-corrected chi connectivity index (χ3v) is 10.2. The molecule has 0 amide bonds. The van der Waals surface area contributed by atoms with Gasteiger partial charge in [0, 0.05) is 18.2 Å². The highest BCUT2D eigenvalue weighted by atomic mass is 28.4. The van der Waals surface area contributed by atoms with Gasteiger partial charge in [0.2, 0.25) is 0 Å². The second kappa shape index (κ2) is 8.11. The summed E-state index contributed by atoms with van der Waals surface area (Å²) in [7, 11) is -1.79. The maximum absolute atomic E-state index is 14.4. The molecular formula is C22H31F2NOSi. The fourth-order valence-corrected chi connectivity index (χ4v) is 3.87. The predicted octanol–water partition coefficient (Wildman–Crippen LogP) is 6.73. The molecule has 2 rings (SSSR count). The van der Waals surface area contributed by atoms with Gasteiger partial charge in [0.15, 0.2) is 8.32 Å². The van der Waals surface area contributed by atoms with E-state index in [0.29, 0.717) is 12.2 Å². The Morgan fingerprint density at radius 3 is 2.30 bits per heavy atom. The Hall–Kier alpha value is -1.72. The molecule has 1 atom stereocenters. The van der Waals surface area contributed by atoms with Crippen LogP contribution in [0.4, 0.5) is 14.5 Å². The molecule has 0 aromatic heterocycles. The Balaban J connectivity index is 2.22. The van der Waals surface area contributed by atoms with Gasteiger partial charge in [-0.25, -0.2) is 8.78 Å². The van der Waals surface area contributed by atoms with Crippen LogP contribution in [0.5, 0.6) is 0 Å². The maximum atomic E-state index is 14.4. The fraction of sp³-hybridized carbons (Fsp3) is 0.455. The van der Waals surface area contributed by atoms with Gasteiger partial charge in [0.05, 0.1) is 5.69 Å². The normalized spacial score (nSPS) is 13.6.